The van der Waals surface area contributed by atoms with Crippen LogP contribution in [0.4, 0.5) is 34.1 Å². The number of fused-ring (bicyclic) bond motifs is 18. The van der Waals surface area contributed by atoms with Crippen LogP contribution in [0.3, 0.4) is 0 Å². The first-order chi connectivity index (χ1) is 60.4. The van der Waals surface area contributed by atoms with E-state index in [1.807, 2.05) is 36.4 Å². The topological polar surface area (TPSA) is 85.3 Å². The van der Waals surface area contributed by atoms with Gasteiger partial charge in [0.2, 0.25) is 0 Å². The van der Waals surface area contributed by atoms with Gasteiger partial charge in [0.25, 0.3) is 0 Å². The molecule has 8 nitrogen and oxygen atoms in total. The fourth-order valence-electron chi connectivity index (χ4n) is 19.1. The molecule has 24 aromatic rings. The Morgan fingerprint density at radius 2 is 0.418 bits per heavy atom. The summed E-state index contributed by atoms with van der Waals surface area (Å²) in [6.07, 6.45) is 6.33. The van der Waals surface area contributed by atoms with E-state index in [1.165, 1.54) is 10.9 Å². The molecule has 0 saturated heterocycles. The number of rotatable bonds is 14. The number of hydrogen-bond acceptors (Lipinski definition) is 8. The van der Waals surface area contributed by atoms with Crippen molar-refractivity contribution in [3.8, 4) is 89.0 Å². The van der Waals surface area contributed by atoms with Gasteiger partial charge in [-0.1, -0.05) is 279 Å². The Kier molecular flexibility index (Phi) is 15.7. The minimum atomic E-state index is 0.825. The Hall–Kier alpha value is -16.2. The maximum Gasteiger partial charge on any atom is 0.143 e. The van der Waals surface area contributed by atoms with Crippen LogP contribution in [0.25, 0.3) is 216 Å². The van der Waals surface area contributed by atoms with E-state index in [0.29, 0.717) is 0 Å². The average molecular weight is 1560 g/mol. The van der Waals surface area contributed by atoms with Crippen molar-refractivity contribution in [2.24, 2.45) is 0 Å². The number of nitrogens with zero attached hydrogens (tertiary/aromatic N) is 2. The van der Waals surface area contributed by atoms with E-state index in [1.54, 1.807) is 0 Å². The number of benzene rings is 18. The molecule has 0 aliphatic heterocycles. The molecule has 0 amide bonds. The molecule has 18 aromatic carbocycles. The predicted octanol–water partition coefficient (Wildman–Crippen LogP) is 33.2. The fraction of sp³-hybridized carbons (Fsp3) is 0.0175. The SMILES string of the molecule is C1=Cc2oc3c(-c4ccc(N(c5ccc(-c6cccc7c6oc6ccccc67)cc5)c5ccc(-c6cccc7c6oc6ccc(-c8ccc9oc%10c(-c%11ccc(N(c%12ccc(-c%13ccc(-c%14cccc%15c%14oc%14ccccc%14%15)cc%13)cc%12)c%12ccc(-c%13cccc%14c%13oc%13ccccc%13%14)cc%12)cc%11)cccc%10c9c8)cc67)cc5)cc4)cccc3c2CC1. The van der Waals surface area contributed by atoms with E-state index >= 15 is 0 Å². The van der Waals surface area contributed by atoms with Crippen LogP contribution in [-0.2, 0) is 6.42 Å². The third kappa shape index (κ3) is 11.3. The molecule has 8 heteroatoms. The minimum Gasteiger partial charge on any atom is -0.456 e. The van der Waals surface area contributed by atoms with Crippen LogP contribution < -0.4 is 9.80 Å². The van der Waals surface area contributed by atoms with Crippen molar-refractivity contribution in [2.75, 3.05) is 9.80 Å². The van der Waals surface area contributed by atoms with Crippen LogP contribution >= 0.6 is 0 Å². The molecule has 25 rings (SSSR count). The number of furan rings is 6. The van der Waals surface area contributed by atoms with Gasteiger partial charge < -0.3 is 36.3 Å². The molecule has 572 valence electrons. The van der Waals surface area contributed by atoms with E-state index in [2.05, 4.69) is 374 Å². The number of aryl methyl sites for hydroxylation is 1. The molecule has 1 aliphatic carbocycles. The fourth-order valence-corrected chi connectivity index (χ4v) is 19.1. The van der Waals surface area contributed by atoms with Crippen molar-refractivity contribution in [3.05, 3.63) is 406 Å². The number of para-hydroxylation sites is 9. The second-order valence-corrected chi connectivity index (χ2v) is 31.9. The van der Waals surface area contributed by atoms with Gasteiger partial charge in [0.05, 0.1) is 0 Å². The van der Waals surface area contributed by atoms with Crippen molar-refractivity contribution in [1.29, 1.82) is 0 Å². The van der Waals surface area contributed by atoms with Gasteiger partial charge >= 0.3 is 0 Å². The Morgan fingerprint density at radius 1 is 0.180 bits per heavy atom. The molecule has 0 N–H and O–H groups in total. The van der Waals surface area contributed by atoms with Gasteiger partial charge in [-0.2, -0.15) is 0 Å². The van der Waals surface area contributed by atoms with E-state index in [-0.39, 0.29) is 0 Å². The Balaban J connectivity index is 0.516. The molecule has 0 spiro atoms. The van der Waals surface area contributed by atoms with Crippen LogP contribution in [0.5, 0.6) is 0 Å². The third-order valence-electron chi connectivity index (χ3n) is 25.1. The largest absolute Gasteiger partial charge is 0.456 e. The number of hydrogen-bond donors (Lipinski definition) is 0. The lowest BCUT2D eigenvalue weighted by Gasteiger charge is -2.26. The Morgan fingerprint density at radius 3 is 0.738 bits per heavy atom. The molecule has 6 aromatic heterocycles. The van der Waals surface area contributed by atoms with E-state index < -0.39 is 0 Å². The second kappa shape index (κ2) is 27.7. The summed E-state index contributed by atoms with van der Waals surface area (Å²) in [4.78, 5) is 4.66. The molecule has 6 heterocycles. The van der Waals surface area contributed by atoms with Crippen LogP contribution in [0.15, 0.2) is 421 Å². The third-order valence-corrected chi connectivity index (χ3v) is 25.1. The van der Waals surface area contributed by atoms with Crippen LogP contribution in [0, 0.1) is 0 Å². The Labute approximate surface area is 700 Å². The van der Waals surface area contributed by atoms with Crippen molar-refractivity contribution in [3.63, 3.8) is 0 Å². The van der Waals surface area contributed by atoms with E-state index in [9.17, 15) is 0 Å². The molecule has 122 heavy (non-hydrogen) atoms. The van der Waals surface area contributed by atoms with Gasteiger partial charge in [0.1, 0.15) is 67.2 Å². The lowest BCUT2D eigenvalue weighted by molar-refractivity contribution is 0.596. The first kappa shape index (κ1) is 69.0. The summed E-state index contributed by atoms with van der Waals surface area (Å²) < 4.78 is 39.9. The number of anilines is 6. The first-order valence-electron chi connectivity index (χ1n) is 41.6. The van der Waals surface area contributed by atoms with Crippen molar-refractivity contribution >= 4 is 161 Å². The van der Waals surface area contributed by atoms with Gasteiger partial charge in [0.15, 0.2) is 0 Å². The summed E-state index contributed by atoms with van der Waals surface area (Å²) >= 11 is 0. The van der Waals surface area contributed by atoms with Crippen LogP contribution in [-0.4, -0.2) is 0 Å². The van der Waals surface area contributed by atoms with E-state index in [0.717, 1.165) is 257 Å². The summed E-state index contributed by atoms with van der Waals surface area (Å²) in [5, 5.41) is 12.1. The van der Waals surface area contributed by atoms with E-state index in [4.69, 9.17) is 26.5 Å². The van der Waals surface area contributed by atoms with Crippen LogP contribution in [0.2, 0.25) is 0 Å². The second-order valence-electron chi connectivity index (χ2n) is 31.9. The van der Waals surface area contributed by atoms with Gasteiger partial charge in [-0.05, 0) is 190 Å². The quantitative estimate of drug-likeness (QED) is 0.106. The highest BCUT2D eigenvalue weighted by Gasteiger charge is 2.25. The zero-order valence-electron chi connectivity index (χ0n) is 65.9. The first-order valence-corrected chi connectivity index (χ1v) is 41.6. The molecule has 0 fully saturated rings. The molecule has 1 aliphatic rings. The highest BCUT2D eigenvalue weighted by atomic mass is 16.4. The number of allylic oxidation sites excluding steroid dienone is 1. The summed E-state index contributed by atoms with van der Waals surface area (Å²) in [5.41, 5.74) is 34.1. The maximum atomic E-state index is 6.91. The zero-order valence-corrected chi connectivity index (χ0v) is 65.9. The Bertz CT molecular complexity index is 8340. The smallest absolute Gasteiger partial charge is 0.143 e. The lowest BCUT2D eigenvalue weighted by atomic mass is 9.97. The molecule has 0 bridgehead atoms. The van der Waals surface area contributed by atoms with Crippen molar-refractivity contribution in [2.45, 2.75) is 12.8 Å². The molecular formula is C114H70N2O6. The van der Waals surface area contributed by atoms with Gasteiger partial charge in [-0.3, -0.25) is 0 Å². The lowest BCUT2D eigenvalue weighted by Crippen LogP contribution is -2.09. The molecule has 0 atom stereocenters. The zero-order chi connectivity index (χ0) is 80.0. The van der Waals surface area contributed by atoms with Crippen molar-refractivity contribution < 1.29 is 26.5 Å². The van der Waals surface area contributed by atoms with Gasteiger partial charge in [0, 0.05) is 132 Å². The maximum absolute atomic E-state index is 6.91. The van der Waals surface area contributed by atoms with Gasteiger partial charge in [-0.15, -0.1) is 0 Å². The standard InChI is InChI=1S/C114H70N2O6/c1-5-31-103-91(15-1)95-25-9-19-85(109(95)117-103)71-37-35-69(36-38-71)70-39-53-79(54-40-70)115(80-55-41-72(42-56-80)86-20-10-26-96-92-16-2-6-32-104(92)118-110(86)96)81-61-47-75(48-62-81)89-23-13-29-99-101-67-77(51-65-107(101)121-113(89)99)78-52-66-108-102(68-78)100-30-14-24-90(114(100)122-108)76-49-63-84(64-50-76)116(82-57-43-73(44-58-82)87-21-11-27-97-93-17-3-7-33-105(93)119-111(87)97)83-59-45-74(46-60-83)88-22-12-28-98-94-18-4-8-34-106(94)120-112(88)98/h1-3,5-17,19-68H,4,18H2. The normalized spacial score (nSPS) is 12.3. The van der Waals surface area contributed by atoms with Gasteiger partial charge in [-0.25, -0.2) is 0 Å². The molecule has 0 radical (unpaired) electrons. The summed E-state index contributed by atoms with van der Waals surface area (Å²) in [5.74, 6) is 0.966. The molecule has 0 saturated carbocycles. The molecular weight excluding hydrogens is 1490 g/mol. The van der Waals surface area contributed by atoms with Crippen LogP contribution in [0.1, 0.15) is 17.7 Å². The minimum absolute atomic E-state index is 0.825. The highest BCUT2D eigenvalue weighted by Crippen LogP contribution is 2.48. The summed E-state index contributed by atoms with van der Waals surface area (Å²) in [6, 6.07) is 139. The van der Waals surface area contributed by atoms with Crippen molar-refractivity contribution in [1.82, 2.24) is 0 Å². The summed E-state index contributed by atoms with van der Waals surface area (Å²) in [6.45, 7) is 0. The highest BCUT2D eigenvalue weighted by molar-refractivity contribution is 6.16. The molecule has 0 unspecified atom stereocenters. The average Bonchev–Trinajstić information content (AvgIpc) is 1.63. The summed E-state index contributed by atoms with van der Waals surface area (Å²) in [7, 11) is 0. The monoisotopic (exact) mass is 1560 g/mol. The predicted molar refractivity (Wildman–Crippen MR) is 503 cm³/mol.